The maximum absolute atomic E-state index is 11.4. The molecule has 0 saturated carbocycles. The molecule has 0 aliphatic carbocycles. The molecule has 19 nitrogen and oxygen atoms in total. The van der Waals surface area contributed by atoms with Gasteiger partial charge >= 0.3 is 0 Å². The summed E-state index contributed by atoms with van der Waals surface area (Å²) in [6.07, 6.45) is -26.7. The summed E-state index contributed by atoms with van der Waals surface area (Å²) in [6, 6.07) is 18.2. The van der Waals surface area contributed by atoms with Crippen molar-refractivity contribution < 1.29 is 93.0 Å². The summed E-state index contributed by atoms with van der Waals surface area (Å²) in [4.78, 5) is 0. The molecule has 7 rings (SSSR count). The van der Waals surface area contributed by atoms with Crippen molar-refractivity contribution >= 4 is 0 Å². The van der Waals surface area contributed by atoms with Crippen LogP contribution in [-0.4, -0.2) is 185 Å². The van der Waals surface area contributed by atoms with Gasteiger partial charge < -0.3 is 93.0 Å². The van der Waals surface area contributed by atoms with E-state index >= 15 is 0 Å². The lowest BCUT2D eigenvalue weighted by atomic mass is 9.97. The van der Waals surface area contributed by atoms with Gasteiger partial charge in [0, 0.05) is 12.7 Å². The number of hydrogen-bond donors (Lipinski definition) is 8. The molecule has 312 valence electrons. The number of rotatable bonds is 12. The first-order chi connectivity index (χ1) is 27.0. The minimum atomic E-state index is -1.83. The Morgan fingerprint density at radius 1 is 0.554 bits per heavy atom. The van der Waals surface area contributed by atoms with Crippen LogP contribution in [0.25, 0.3) is 0 Å². The van der Waals surface area contributed by atoms with Gasteiger partial charge in [-0.3, -0.25) is 0 Å². The van der Waals surface area contributed by atoms with Gasteiger partial charge in [0.1, 0.15) is 85.5 Å². The zero-order chi connectivity index (χ0) is 39.5. The average Bonchev–Trinajstić information content (AvgIpc) is 3.21. The number of aliphatic hydroxyl groups excluding tert-OH is 8. The fourth-order valence-corrected chi connectivity index (χ4v) is 7.25. The van der Waals surface area contributed by atoms with Gasteiger partial charge in [0.2, 0.25) is 0 Å². The van der Waals surface area contributed by atoms with Crippen molar-refractivity contribution in [1.29, 1.82) is 0 Å². The largest absolute Gasteiger partial charge is 0.387 e. The number of benzene rings is 2. The summed E-state index contributed by atoms with van der Waals surface area (Å²) in [5.41, 5.74) is 1.55. The molecular weight excluding hydrogens is 748 g/mol. The van der Waals surface area contributed by atoms with Crippen molar-refractivity contribution in [3.8, 4) is 0 Å². The molecule has 0 unspecified atom stereocenters. The quantitative estimate of drug-likeness (QED) is 0.108. The highest BCUT2D eigenvalue weighted by atomic mass is 16.8. The maximum Gasteiger partial charge on any atom is 0.187 e. The van der Waals surface area contributed by atoms with Crippen molar-refractivity contribution in [2.75, 3.05) is 33.5 Å². The van der Waals surface area contributed by atoms with E-state index in [4.69, 9.17) is 52.1 Å². The van der Waals surface area contributed by atoms with Gasteiger partial charge in [-0.1, -0.05) is 60.7 Å². The Kier molecular flexibility index (Phi) is 14.0. The van der Waals surface area contributed by atoms with E-state index in [9.17, 15) is 40.9 Å². The lowest BCUT2D eigenvalue weighted by Crippen LogP contribution is -2.66. The molecule has 19 heteroatoms. The van der Waals surface area contributed by atoms with Crippen molar-refractivity contribution in [3.63, 3.8) is 0 Å². The minimum Gasteiger partial charge on any atom is -0.387 e. The molecule has 2 aromatic rings. The van der Waals surface area contributed by atoms with E-state index in [-0.39, 0.29) is 26.4 Å². The molecular formula is C37H50O19. The second kappa shape index (κ2) is 18.7. The number of ether oxygens (including phenoxy) is 11. The summed E-state index contributed by atoms with van der Waals surface area (Å²) in [5, 5.41) is 88.0. The second-order valence-corrected chi connectivity index (χ2v) is 14.3. The van der Waals surface area contributed by atoms with Crippen LogP contribution in [0.3, 0.4) is 0 Å². The van der Waals surface area contributed by atoms with Gasteiger partial charge in [-0.15, -0.1) is 0 Å². The fraction of sp³-hybridized carbons (Fsp3) is 0.676. The Morgan fingerprint density at radius 2 is 1.14 bits per heavy atom. The van der Waals surface area contributed by atoms with Crippen LogP contribution in [0.1, 0.15) is 17.4 Å². The molecule has 5 aliphatic heterocycles. The highest BCUT2D eigenvalue weighted by molar-refractivity contribution is 5.17. The minimum absolute atomic E-state index is 0.00410. The molecule has 0 radical (unpaired) electrons. The van der Waals surface area contributed by atoms with Gasteiger partial charge in [-0.05, 0) is 5.56 Å². The van der Waals surface area contributed by atoms with E-state index in [0.717, 1.165) is 5.56 Å². The van der Waals surface area contributed by atoms with Crippen LogP contribution in [0.15, 0.2) is 60.7 Å². The summed E-state index contributed by atoms with van der Waals surface area (Å²) in [5.74, 6) is 0. The number of aliphatic hydroxyl groups is 8. The van der Waals surface area contributed by atoms with Crippen molar-refractivity contribution in [3.05, 3.63) is 71.8 Å². The monoisotopic (exact) mass is 798 g/mol. The van der Waals surface area contributed by atoms with Gasteiger partial charge in [0.05, 0.1) is 33.0 Å². The predicted octanol–water partition coefficient (Wildman–Crippen LogP) is -2.83. The SMILES string of the molecule is CO[C@@H]1OC[C@@H](O[C@H]2O[C@H](COCc3ccccc3)[C@@H](O)[C@H](O[C@@H]3OC[C@@H](O[C@H]4O[C@@H]5CO[C@@H](c6ccccc6)O[C@H]5[C@H](O)[C@@H]4O)[C@H](O)[C@H]3O)[C@@H]2O)[C@H](O)[C@H]1O. The first kappa shape index (κ1) is 41.8. The topological polar surface area (TPSA) is 263 Å². The molecule has 5 saturated heterocycles. The Morgan fingerprint density at radius 3 is 1.80 bits per heavy atom. The molecule has 0 spiro atoms. The van der Waals surface area contributed by atoms with Crippen LogP contribution in [0.5, 0.6) is 0 Å². The van der Waals surface area contributed by atoms with E-state index < -0.39 is 124 Å². The molecule has 5 heterocycles. The van der Waals surface area contributed by atoms with Crippen molar-refractivity contribution in [2.24, 2.45) is 0 Å². The van der Waals surface area contributed by atoms with Gasteiger partial charge in [0.25, 0.3) is 0 Å². The lowest BCUT2D eigenvalue weighted by molar-refractivity contribution is -0.386. The fourth-order valence-electron chi connectivity index (χ4n) is 7.25. The first-order valence-corrected chi connectivity index (χ1v) is 18.5. The molecule has 0 aromatic heterocycles. The van der Waals surface area contributed by atoms with Gasteiger partial charge in [-0.2, -0.15) is 0 Å². The third-order valence-electron chi connectivity index (χ3n) is 10.5. The average molecular weight is 799 g/mol. The van der Waals surface area contributed by atoms with Gasteiger partial charge in [0.15, 0.2) is 31.5 Å². The molecule has 0 amide bonds. The third-order valence-corrected chi connectivity index (χ3v) is 10.5. The molecule has 8 N–H and O–H groups in total. The number of hydrogen-bond acceptors (Lipinski definition) is 19. The smallest absolute Gasteiger partial charge is 0.187 e. The van der Waals surface area contributed by atoms with Crippen molar-refractivity contribution in [1.82, 2.24) is 0 Å². The van der Waals surface area contributed by atoms with Crippen LogP contribution in [0.4, 0.5) is 0 Å². The Bertz CT molecular complexity index is 1490. The molecule has 56 heavy (non-hydrogen) atoms. The van der Waals surface area contributed by atoms with Crippen molar-refractivity contribution in [2.45, 2.75) is 124 Å². The standard InChI is InChI=1S/C37H50O19/c1-46-34-27(42)23(38)20(14-49-34)53-37-30(45)32(25(40)19(51-37)13-47-12-17-8-4-2-5-9-17)56-35-28(43)24(39)21(15-50-35)52-36-29(44)26(41)31-22(54-36)16-48-33(55-31)18-10-6-3-7-11-18/h2-11,19-45H,12-16H2,1H3/t19-,20-,21-,22-,23+,24+,25-,26-,27-,28-,29+,30+,31-,32+,33-,34-,35+,36+,37-/m1/s1. The zero-order valence-corrected chi connectivity index (χ0v) is 30.3. The second-order valence-electron chi connectivity index (χ2n) is 14.3. The lowest BCUT2D eigenvalue weighted by Gasteiger charge is -2.48. The van der Waals surface area contributed by atoms with E-state index in [1.165, 1.54) is 7.11 Å². The summed E-state index contributed by atoms with van der Waals surface area (Å²) < 4.78 is 63.0. The van der Waals surface area contributed by atoms with E-state index in [1.54, 1.807) is 12.1 Å². The summed E-state index contributed by atoms with van der Waals surface area (Å²) in [7, 11) is 1.29. The van der Waals surface area contributed by atoms with Crippen LogP contribution >= 0.6 is 0 Å². The van der Waals surface area contributed by atoms with Crippen LogP contribution in [0, 0.1) is 0 Å². The van der Waals surface area contributed by atoms with E-state index in [2.05, 4.69) is 0 Å². The van der Waals surface area contributed by atoms with E-state index in [1.807, 2.05) is 48.5 Å². The Labute approximate surface area is 321 Å². The third kappa shape index (κ3) is 9.11. The molecule has 5 aliphatic rings. The summed E-state index contributed by atoms with van der Waals surface area (Å²) >= 11 is 0. The normalized spacial score (nSPS) is 44.6. The summed E-state index contributed by atoms with van der Waals surface area (Å²) in [6.45, 7) is -0.747. The van der Waals surface area contributed by atoms with E-state index in [0.29, 0.717) is 5.56 Å². The molecule has 0 bridgehead atoms. The molecule has 2 aromatic carbocycles. The first-order valence-electron chi connectivity index (χ1n) is 18.5. The molecule has 5 fully saturated rings. The predicted molar refractivity (Wildman–Crippen MR) is 183 cm³/mol. The highest BCUT2D eigenvalue weighted by Crippen LogP contribution is 2.36. The zero-order valence-electron chi connectivity index (χ0n) is 30.3. The number of fused-ring (bicyclic) bond motifs is 1. The number of methoxy groups -OCH3 is 1. The van der Waals surface area contributed by atoms with Crippen LogP contribution in [0.2, 0.25) is 0 Å². The highest BCUT2D eigenvalue weighted by Gasteiger charge is 2.54. The van der Waals surface area contributed by atoms with Crippen LogP contribution in [-0.2, 0) is 58.7 Å². The maximum atomic E-state index is 11.4. The van der Waals surface area contributed by atoms with Crippen LogP contribution < -0.4 is 0 Å². The Hall–Kier alpha value is -2.32. The molecule has 19 atom stereocenters. The Balaban J connectivity index is 0.979. The van der Waals surface area contributed by atoms with Gasteiger partial charge in [-0.25, -0.2) is 0 Å².